The van der Waals surface area contributed by atoms with E-state index < -0.39 is 0 Å². The Kier molecular flexibility index (Phi) is 9.87. The highest BCUT2D eigenvalue weighted by Crippen LogP contribution is 2.55. The van der Waals surface area contributed by atoms with Gasteiger partial charge in [0.05, 0.1) is 11.4 Å². The molecule has 0 amide bonds. The van der Waals surface area contributed by atoms with Gasteiger partial charge in [-0.3, -0.25) is 0 Å². The Bertz CT molecular complexity index is 3600. The van der Waals surface area contributed by atoms with E-state index in [1.54, 1.807) is 5.57 Å². The van der Waals surface area contributed by atoms with Crippen LogP contribution in [0.25, 0.3) is 55.1 Å². The fraction of sp³-hybridized carbons (Fsp3) is 0.254. The number of rotatable bonds is 5. The van der Waals surface area contributed by atoms with Crippen molar-refractivity contribution in [1.82, 2.24) is 0 Å². The molecule has 14 rings (SSSR count). The number of para-hydroxylation sites is 1. The van der Waals surface area contributed by atoms with Gasteiger partial charge in [-0.1, -0.05) is 135 Å². The molecule has 70 heavy (non-hydrogen) atoms. The fourth-order valence-corrected chi connectivity index (χ4v) is 13.8. The van der Waals surface area contributed by atoms with Crippen molar-refractivity contribution in [1.29, 1.82) is 0 Å². The van der Waals surface area contributed by atoms with Gasteiger partial charge in [-0.2, -0.15) is 0 Å². The molecule has 0 saturated carbocycles. The molecule has 0 unspecified atom stereocenters. The summed E-state index contributed by atoms with van der Waals surface area (Å²) in [5.41, 5.74) is 23.9. The maximum absolute atomic E-state index is 2.76. The zero-order valence-electron chi connectivity index (χ0n) is 40.8. The monoisotopic (exact) mass is 907 g/mol. The molecule has 3 nitrogen and oxygen atoms in total. The average molecular weight is 908 g/mol. The molecule has 3 aliphatic heterocycles. The number of nitrogens with zero attached hydrogens (tertiary/aromatic N) is 3. The Balaban J connectivity index is 1.13. The van der Waals surface area contributed by atoms with Crippen LogP contribution in [0.3, 0.4) is 0 Å². The fourth-order valence-electron chi connectivity index (χ4n) is 13.8. The summed E-state index contributed by atoms with van der Waals surface area (Å²) in [7, 11) is 0. The van der Waals surface area contributed by atoms with E-state index >= 15 is 0 Å². The quantitative estimate of drug-likeness (QED) is 0.159. The van der Waals surface area contributed by atoms with Gasteiger partial charge in [0, 0.05) is 47.0 Å². The van der Waals surface area contributed by atoms with E-state index in [4.69, 9.17) is 0 Å². The Hall–Kier alpha value is -7.10. The maximum atomic E-state index is 2.76. The summed E-state index contributed by atoms with van der Waals surface area (Å²) >= 11 is 0. The zero-order chi connectivity index (χ0) is 46.5. The Morgan fingerprint density at radius 1 is 0.486 bits per heavy atom. The molecular formula is C67H61N3. The van der Waals surface area contributed by atoms with Gasteiger partial charge >= 0.3 is 0 Å². The first-order valence-electron chi connectivity index (χ1n) is 26.5. The summed E-state index contributed by atoms with van der Waals surface area (Å²) in [6.45, 7) is 6.96. The second kappa shape index (κ2) is 16.5. The molecule has 4 aliphatic carbocycles. The highest BCUT2D eigenvalue weighted by molar-refractivity contribution is 6.22. The van der Waals surface area contributed by atoms with Gasteiger partial charge in [-0.05, 0) is 208 Å². The van der Waals surface area contributed by atoms with Crippen molar-refractivity contribution < 1.29 is 0 Å². The molecule has 0 atom stereocenters. The highest BCUT2D eigenvalue weighted by atomic mass is 15.2. The van der Waals surface area contributed by atoms with Crippen LogP contribution in [0, 0.1) is 5.41 Å². The number of allylic oxidation sites excluding steroid dienone is 12. The molecule has 0 fully saturated rings. The maximum Gasteiger partial charge on any atom is 0.0658 e. The third-order valence-corrected chi connectivity index (χ3v) is 17.2. The van der Waals surface area contributed by atoms with Gasteiger partial charge in [-0.25, -0.2) is 0 Å². The van der Waals surface area contributed by atoms with Crippen LogP contribution in [-0.2, 0) is 12.8 Å². The lowest BCUT2D eigenvalue weighted by molar-refractivity contribution is 0.492. The molecule has 7 aromatic carbocycles. The molecule has 0 spiro atoms. The number of hydrogen-bond donors (Lipinski definition) is 0. The van der Waals surface area contributed by atoms with Gasteiger partial charge in [0.25, 0.3) is 0 Å². The Morgan fingerprint density at radius 2 is 1.20 bits per heavy atom. The van der Waals surface area contributed by atoms with Crippen molar-refractivity contribution in [3.8, 4) is 11.1 Å². The minimum Gasteiger partial charge on any atom is -0.343 e. The third-order valence-electron chi connectivity index (χ3n) is 17.2. The number of fused-ring (bicyclic) bond motifs is 5. The van der Waals surface area contributed by atoms with E-state index in [-0.39, 0.29) is 5.41 Å². The van der Waals surface area contributed by atoms with Crippen LogP contribution in [0.4, 0.5) is 22.7 Å². The summed E-state index contributed by atoms with van der Waals surface area (Å²) in [5, 5.41) is 7.92. The minimum absolute atomic E-state index is 0.0106. The number of anilines is 4. The van der Waals surface area contributed by atoms with E-state index in [9.17, 15) is 0 Å². The van der Waals surface area contributed by atoms with Crippen LogP contribution < -0.4 is 14.7 Å². The SMILES string of the molecule is CC1(C)C2=C(CCC=C2)N(c2ccc3c(C4=Cc5ccccc5CC4)c4cc(N5CCCC6=C5CCC=C6)c(N5CCCc6ccccc65)cc4c(-c4ccc5ccccc5c4)c3c2)C2=C1CCC=C2. The van der Waals surface area contributed by atoms with Crippen molar-refractivity contribution in [2.75, 3.05) is 27.8 Å². The van der Waals surface area contributed by atoms with Crippen LogP contribution >= 0.6 is 0 Å². The zero-order valence-corrected chi connectivity index (χ0v) is 40.8. The van der Waals surface area contributed by atoms with Crippen molar-refractivity contribution in [3.63, 3.8) is 0 Å². The third kappa shape index (κ3) is 6.60. The molecule has 0 bridgehead atoms. The average Bonchev–Trinajstić information content (AvgIpc) is 3.41. The molecule has 0 radical (unpaired) electrons. The molecule has 0 N–H and O–H groups in total. The van der Waals surface area contributed by atoms with Gasteiger partial charge in [0.15, 0.2) is 0 Å². The first kappa shape index (κ1) is 41.8. The van der Waals surface area contributed by atoms with Crippen LogP contribution in [0.2, 0.25) is 0 Å². The largest absolute Gasteiger partial charge is 0.343 e. The second-order valence-electron chi connectivity index (χ2n) is 21.4. The molecule has 344 valence electrons. The molecule has 7 aromatic rings. The molecule has 0 saturated heterocycles. The summed E-state index contributed by atoms with van der Waals surface area (Å²) in [4.78, 5) is 8.14. The highest BCUT2D eigenvalue weighted by Gasteiger charge is 2.40. The molecular weight excluding hydrogens is 847 g/mol. The molecule has 0 aromatic heterocycles. The molecule has 3 heteroatoms. The standard InChI is InChI=1S/C67H61N3/c1-67(2)57-25-9-13-29-61(57)70(62-30-14-10-26-58(62)67)52-35-36-53-54(41-52)66(51-34-32-45-18-4-6-22-49(45)40-51)56-43-64(69-38-16-24-47-20-8-12-28-60(47)69)63(68-37-15-23-46-19-7-11-27-59(46)68)42-55(56)65(53)50-33-31-44-17-3-5-21-48(44)39-50/h3-9,12,14,17-22,25,28,30,32,34-36,39-43H,10-11,13,15-16,23-24,26-27,29,31,33,37-38H2,1-2H3. The first-order chi connectivity index (χ1) is 34.5. The van der Waals surface area contributed by atoms with Crippen molar-refractivity contribution in [3.05, 3.63) is 214 Å². The Morgan fingerprint density at radius 3 is 2.11 bits per heavy atom. The van der Waals surface area contributed by atoms with Crippen molar-refractivity contribution in [2.24, 2.45) is 5.41 Å². The molecule has 3 heterocycles. The van der Waals surface area contributed by atoms with Crippen LogP contribution in [-0.4, -0.2) is 13.1 Å². The number of aryl methyl sites for hydroxylation is 2. The van der Waals surface area contributed by atoms with Crippen LogP contribution in [0.5, 0.6) is 0 Å². The Labute approximate surface area is 413 Å². The van der Waals surface area contributed by atoms with E-state index in [1.165, 1.54) is 122 Å². The van der Waals surface area contributed by atoms with Gasteiger partial charge in [-0.15, -0.1) is 0 Å². The predicted octanol–water partition coefficient (Wildman–Crippen LogP) is 17.6. The summed E-state index contributed by atoms with van der Waals surface area (Å²) < 4.78 is 0. The lowest BCUT2D eigenvalue weighted by Crippen LogP contribution is -2.36. The minimum atomic E-state index is -0.0106. The first-order valence-corrected chi connectivity index (χ1v) is 26.5. The number of benzene rings is 7. The van der Waals surface area contributed by atoms with Crippen molar-refractivity contribution in [2.45, 2.75) is 90.9 Å². The smallest absolute Gasteiger partial charge is 0.0658 e. The van der Waals surface area contributed by atoms with Crippen LogP contribution in [0.15, 0.2) is 192 Å². The number of hydrogen-bond acceptors (Lipinski definition) is 3. The summed E-state index contributed by atoms with van der Waals surface area (Å²) in [5.74, 6) is 0. The van der Waals surface area contributed by atoms with Crippen LogP contribution in [0.1, 0.15) is 100 Å². The normalized spacial score (nSPS) is 19.4. The lowest BCUT2D eigenvalue weighted by Gasteiger charge is -2.46. The van der Waals surface area contributed by atoms with Gasteiger partial charge < -0.3 is 14.7 Å². The van der Waals surface area contributed by atoms with E-state index in [1.807, 2.05) is 0 Å². The second-order valence-corrected chi connectivity index (χ2v) is 21.4. The lowest BCUT2D eigenvalue weighted by atomic mass is 9.68. The van der Waals surface area contributed by atoms with E-state index in [2.05, 4.69) is 192 Å². The summed E-state index contributed by atoms with van der Waals surface area (Å²) in [6.07, 6.45) is 30.2. The predicted molar refractivity (Wildman–Crippen MR) is 298 cm³/mol. The topological polar surface area (TPSA) is 9.72 Å². The van der Waals surface area contributed by atoms with Gasteiger partial charge in [0.1, 0.15) is 0 Å². The summed E-state index contributed by atoms with van der Waals surface area (Å²) in [6, 6.07) is 47.4. The van der Waals surface area contributed by atoms with Gasteiger partial charge in [0.2, 0.25) is 0 Å². The molecule has 7 aliphatic rings. The van der Waals surface area contributed by atoms with Crippen molar-refractivity contribution >= 4 is 66.7 Å². The van der Waals surface area contributed by atoms with E-state index in [0.29, 0.717) is 0 Å². The van der Waals surface area contributed by atoms with E-state index in [0.717, 1.165) is 90.1 Å².